The second-order valence-electron chi connectivity index (χ2n) is 3.69. The van der Waals surface area contributed by atoms with Gasteiger partial charge in [0.2, 0.25) is 10.0 Å². The van der Waals surface area contributed by atoms with E-state index in [1.54, 1.807) is 0 Å². The molecule has 8 heteroatoms. The van der Waals surface area contributed by atoms with E-state index in [1.165, 1.54) is 0 Å². The van der Waals surface area contributed by atoms with Gasteiger partial charge in [-0.05, 0) is 28.4 Å². The maximum Gasteiger partial charge on any atom is 0.345 e. The molecule has 1 heterocycles. The minimum atomic E-state index is -3.78. The van der Waals surface area contributed by atoms with Gasteiger partial charge in [0.25, 0.3) is 0 Å². The first kappa shape index (κ1) is 16.2. The lowest BCUT2D eigenvalue weighted by atomic mass is 10.2. The van der Waals surface area contributed by atoms with E-state index in [-0.39, 0.29) is 26.0 Å². The van der Waals surface area contributed by atoms with Crippen molar-refractivity contribution in [3.8, 4) is 12.3 Å². The summed E-state index contributed by atoms with van der Waals surface area (Å²) in [4.78, 5) is 10.7. The number of sulfonamides is 1. The highest BCUT2D eigenvalue weighted by atomic mass is 79.9. The van der Waals surface area contributed by atoms with Gasteiger partial charge in [-0.1, -0.05) is 6.92 Å². The summed E-state index contributed by atoms with van der Waals surface area (Å²) >= 11 is 3.92. The summed E-state index contributed by atoms with van der Waals surface area (Å²) in [6.45, 7) is 1.82. The molecule has 0 saturated carbocycles. The Balaban J connectivity index is 3.07. The molecule has 0 amide bonds. The number of nitrogens with one attached hydrogen (secondary N) is 1. The molecule has 1 aromatic heterocycles. The summed E-state index contributed by atoms with van der Waals surface area (Å²) in [7, 11) is -3.78. The first-order valence-electron chi connectivity index (χ1n) is 5.30. The molecular formula is C11H12BrNO4S2. The van der Waals surface area contributed by atoms with Gasteiger partial charge < -0.3 is 5.11 Å². The van der Waals surface area contributed by atoms with Gasteiger partial charge in [0.15, 0.2) is 0 Å². The van der Waals surface area contributed by atoms with E-state index < -0.39 is 16.0 Å². The monoisotopic (exact) mass is 365 g/mol. The van der Waals surface area contributed by atoms with Crippen LogP contribution in [0.4, 0.5) is 0 Å². The minimum Gasteiger partial charge on any atom is -0.477 e. The lowest BCUT2D eigenvalue weighted by molar-refractivity contribution is 0.0702. The Labute approximate surface area is 124 Å². The van der Waals surface area contributed by atoms with Crippen molar-refractivity contribution in [1.82, 2.24) is 4.72 Å². The first-order chi connectivity index (χ1) is 8.81. The molecule has 5 nitrogen and oxygen atoms in total. The molecule has 0 fully saturated rings. The van der Waals surface area contributed by atoms with Gasteiger partial charge in [-0.15, -0.1) is 23.7 Å². The summed E-state index contributed by atoms with van der Waals surface area (Å²) in [5, 5.41) is 8.85. The van der Waals surface area contributed by atoms with E-state index >= 15 is 0 Å². The van der Waals surface area contributed by atoms with Crippen molar-refractivity contribution < 1.29 is 18.3 Å². The summed E-state index contributed by atoms with van der Waals surface area (Å²) in [5.74, 6) is 1.24. The van der Waals surface area contributed by atoms with E-state index in [0.717, 1.165) is 17.4 Å². The summed E-state index contributed by atoms with van der Waals surface area (Å²) in [6, 6.07) is 0.761. The number of carbonyl (C=O) groups is 1. The second kappa shape index (κ2) is 6.52. The van der Waals surface area contributed by atoms with E-state index in [9.17, 15) is 13.2 Å². The Hall–Kier alpha value is -0.880. The Morgan fingerprint density at radius 3 is 2.74 bits per heavy atom. The van der Waals surface area contributed by atoms with E-state index in [1.807, 2.05) is 6.92 Å². The number of rotatable bonds is 6. The predicted molar refractivity (Wildman–Crippen MR) is 76.8 cm³/mol. The quantitative estimate of drug-likeness (QED) is 0.757. The lowest BCUT2D eigenvalue weighted by Crippen LogP contribution is -2.34. The van der Waals surface area contributed by atoms with Crippen LogP contribution in [0.5, 0.6) is 0 Å². The van der Waals surface area contributed by atoms with Crippen LogP contribution in [0.25, 0.3) is 0 Å². The van der Waals surface area contributed by atoms with E-state index in [0.29, 0.717) is 6.42 Å². The van der Waals surface area contributed by atoms with Crippen LogP contribution in [0.2, 0.25) is 0 Å². The number of carboxylic acids is 1. The standard InChI is InChI=1S/C11H12BrNO4S2/c1-3-5-7(4-2)13-19(16,17)9-6-8(11(14)15)18-10(9)12/h1,6-7,13H,4-5H2,2H3,(H,14,15). The molecule has 1 rings (SSSR count). The zero-order valence-corrected chi connectivity index (χ0v) is 13.2. The SMILES string of the molecule is C#CCC(CC)NS(=O)(=O)c1cc(C(=O)O)sc1Br. The average Bonchev–Trinajstić information content (AvgIpc) is 2.71. The van der Waals surface area contributed by atoms with Crippen LogP contribution in [0, 0.1) is 12.3 Å². The van der Waals surface area contributed by atoms with Gasteiger partial charge >= 0.3 is 5.97 Å². The molecule has 1 unspecified atom stereocenters. The van der Waals surface area contributed by atoms with Crippen molar-refractivity contribution in [1.29, 1.82) is 0 Å². The third-order valence-corrected chi connectivity index (χ3v) is 6.10. The molecule has 104 valence electrons. The van der Waals surface area contributed by atoms with Crippen LogP contribution in [0.1, 0.15) is 29.4 Å². The average molecular weight is 366 g/mol. The zero-order chi connectivity index (χ0) is 14.6. The van der Waals surface area contributed by atoms with Crippen molar-refractivity contribution in [3.63, 3.8) is 0 Å². The van der Waals surface area contributed by atoms with Crippen molar-refractivity contribution in [2.45, 2.75) is 30.7 Å². The number of hydrogen-bond acceptors (Lipinski definition) is 4. The van der Waals surface area contributed by atoms with Crippen molar-refractivity contribution >= 4 is 43.3 Å². The fraction of sp³-hybridized carbons (Fsp3) is 0.364. The molecule has 1 aromatic rings. The van der Waals surface area contributed by atoms with Crippen molar-refractivity contribution in [2.75, 3.05) is 0 Å². The maximum atomic E-state index is 12.1. The number of hydrogen-bond donors (Lipinski definition) is 2. The van der Waals surface area contributed by atoms with E-state index in [2.05, 4.69) is 26.6 Å². The lowest BCUT2D eigenvalue weighted by Gasteiger charge is -2.13. The molecule has 0 spiro atoms. The summed E-state index contributed by atoms with van der Waals surface area (Å²) < 4.78 is 27.0. The Kier molecular flexibility index (Phi) is 5.55. The normalized spacial score (nSPS) is 12.9. The van der Waals surface area contributed by atoms with Crippen molar-refractivity contribution in [2.24, 2.45) is 0 Å². The largest absolute Gasteiger partial charge is 0.477 e. The van der Waals surface area contributed by atoms with E-state index in [4.69, 9.17) is 11.5 Å². The fourth-order valence-corrected chi connectivity index (χ4v) is 5.06. The number of terminal acetylenes is 1. The van der Waals surface area contributed by atoms with Gasteiger partial charge in [0.1, 0.15) is 9.77 Å². The molecule has 2 N–H and O–H groups in total. The Morgan fingerprint density at radius 1 is 1.68 bits per heavy atom. The highest BCUT2D eigenvalue weighted by Gasteiger charge is 2.25. The Morgan fingerprint density at radius 2 is 2.32 bits per heavy atom. The molecule has 0 aliphatic heterocycles. The number of halogens is 1. The second-order valence-corrected chi connectivity index (χ2v) is 7.74. The molecular weight excluding hydrogens is 354 g/mol. The third-order valence-electron chi connectivity index (χ3n) is 2.33. The van der Waals surface area contributed by atoms with Gasteiger partial charge in [-0.2, -0.15) is 0 Å². The predicted octanol–water partition coefficient (Wildman–Crippen LogP) is 2.29. The minimum absolute atomic E-state index is 0.0442. The van der Waals surface area contributed by atoms with Gasteiger partial charge in [0.05, 0.1) is 3.79 Å². The number of aromatic carboxylic acids is 1. The van der Waals surface area contributed by atoms with Crippen LogP contribution in [0.3, 0.4) is 0 Å². The smallest absolute Gasteiger partial charge is 0.345 e. The molecule has 0 saturated heterocycles. The number of carboxylic acid groups (broad SMARTS) is 1. The fourth-order valence-electron chi connectivity index (χ4n) is 1.34. The molecule has 0 bridgehead atoms. The Bertz CT molecular complexity index is 615. The maximum absolute atomic E-state index is 12.1. The first-order valence-corrected chi connectivity index (χ1v) is 8.39. The van der Waals surface area contributed by atoms with Crippen LogP contribution in [-0.2, 0) is 10.0 Å². The summed E-state index contributed by atoms with van der Waals surface area (Å²) in [5.41, 5.74) is 0. The third kappa shape index (κ3) is 4.04. The molecule has 19 heavy (non-hydrogen) atoms. The van der Waals surface area contributed by atoms with Gasteiger partial charge in [-0.25, -0.2) is 17.9 Å². The molecule has 1 atom stereocenters. The molecule has 0 aliphatic rings. The molecule has 0 aliphatic carbocycles. The summed E-state index contributed by atoms with van der Waals surface area (Å²) in [6.07, 6.45) is 6.00. The van der Waals surface area contributed by atoms with Gasteiger partial charge in [0, 0.05) is 12.5 Å². The van der Waals surface area contributed by atoms with Crippen molar-refractivity contribution in [3.05, 3.63) is 14.7 Å². The van der Waals surface area contributed by atoms with Crippen LogP contribution >= 0.6 is 27.3 Å². The highest BCUT2D eigenvalue weighted by molar-refractivity contribution is 9.11. The van der Waals surface area contributed by atoms with Crippen LogP contribution in [-0.4, -0.2) is 25.5 Å². The van der Waals surface area contributed by atoms with Crippen LogP contribution < -0.4 is 4.72 Å². The number of thiophene rings is 1. The molecule has 0 radical (unpaired) electrons. The van der Waals surface area contributed by atoms with Gasteiger partial charge in [-0.3, -0.25) is 0 Å². The zero-order valence-electron chi connectivity index (χ0n) is 10.0. The molecule has 0 aromatic carbocycles. The topological polar surface area (TPSA) is 83.5 Å². The van der Waals surface area contributed by atoms with Crippen LogP contribution in [0.15, 0.2) is 14.7 Å². The highest BCUT2D eigenvalue weighted by Crippen LogP contribution is 2.31.